The molecule has 0 radical (unpaired) electrons. The van der Waals surface area contributed by atoms with Crippen molar-refractivity contribution in [3.05, 3.63) is 58.6 Å². The van der Waals surface area contributed by atoms with Gasteiger partial charge in [-0.2, -0.15) is 0 Å². The summed E-state index contributed by atoms with van der Waals surface area (Å²) in [5, 5.41) is 0. The summed E-state index contributed by atoms with van der Waals surface area (Å²) in [4.78, 5) is 0. The molecule has 116 valence electrons. The highest BCUT2D eigenvalue weighted by Gasteiger charge is 2.21. The number of benzene rings is 2. The van der Waals surface area contributed by atoms with E-state index in [1.54, 1.807) is 0 Å². The normalized spacial score (nSPS) is 21.7. The Kier molecular flexibility index (Phi) is 5.36. The monoisotopic (exact) mass is 356 g/mol. The summed E-state index contributed by atoms with van der Waals surface area (Å²) in [5.41, 5.74) is 4.15. The molecule has 0 spiro atoms. The van der Waals surface area contributed by atoms with Gasteiger partial charge >= 0.3 is 0 Å². The minimum atomic E-state index is 0.784. The van der Waals surface area contributed by atoms with Crippen LogP contribution in [0.15, 0.2) is 53.0 Å². The second kappa shape index (κ2) is 7.46. The number of rotatable bonds is 4. The number of halogens is 1. The Morgan fingerprint density at radius 1 is 0.818 bits per heavy atom. The molecule has 1 saturated carbocycles. The van der Waals surface area contributed by atoms with Crippen molar-refractivity contribution in [2.24, 2.45) is 5.92 Å². The van der Waals surface area contributed by atoms with Gasteiger partial charge in [-0.15, -0.1) is 0 Å². The Balaban J connectivity index is 1.66. The van der Waals surface area contributed by atoms with Crippen molar-refractivity contribution in [3.8, 4) is 11.1 Å². The maximum Gasteiger partial charge on any atom is 0.0175 e. The maximum absolute atomic E-state index is 3.50. The van der Waals surface area contributed by atoms with Crippen LogP contribution >= 0.6 is 15.9 Å². The van der Waals surface area contributed by atoms with Crippen LogP contribution in [0.1, 0.15) is 56.9 Å². The summed E-state index contributed by atoms with van der Waals surface area (Å²) in [5.74, 6) is 1.77. The maximum atomic E-state index is 3.50. The molecule has 0 amide bonds. The van der Waals surface area contributed by atoms with Gasteiger partial charge in [-0.25, -0.2) is 0 Å². The molecule has 0 saturated heterocycles. The van der Waals surface area contributed by atoms with Gasteiger partial charge in [0.15, 0.2) is 0 Å². The second-order valence-corrected chi connectivity index (χ2v) is 7.55. The number of hydrogen-bond donors (Lipinski definition) is 0. The molecule has 0 atom stereocenters. The van der Waals surface area contributed by atoms with Gasteiger partial charge in [-0.05, 0) is 66.3 Å². The molecule has 0 bridgehead atoms. The van der Waals surface area contributed by atoms with Crippen LogP contribution in [0, 0.1) is 5.92 Å². The summed E-state index contributed by atoms with van der Waals surface area (Å²) in [7, 11) is 0. The highest BCUT2D eigenvalue weighted by molar-refractivity contribution is 9.10. The third-order valence-corrected chi connectivity index (χ3v) is 5.63. The van der Waals surface area contributed by atoms with Crippen LogP contribution in [-0.4, -0.2) is 0 Å². The molecule has 2 aromatic carbocycles. The van der Waals surface area contributed by atoms with Crippen LogP contribution < -0.4 is 0 Å². The summed E-state index contributed by atoms with van der Waals surface area (Å²) >= 11 is 3.50. The quantitative estimate of drug-likeness (QED) is 0.543. The SMILES string of the molecule is CCCC1CCC(c2ccc(-c3ccc(Br)cc3)cc2)CC1. The van der Waals surface area contributed by atoms with E-state index in [0.717, 1.165) is 16.3 Å². The molecule has 0 N–H and O–H groups in total. The van der Waals surface area contributed by atoms with Crippen LogP contribution in [0.4, 0.5) is 0 Å². The molecule has 1 heteroatoms. The lowest BCUT2D eigenvalue weighted by Crippen LogP contribution is -2.13. The molecule has 1 aliphatic rings. The first-order valence-corrected chi connectivity index (χ1v) is 9.41. The van der Waals surface area contributed by atoms with Crippen LogP contribution in [0.2, 0.25) is 0 Å². The molecule has 0 unspecified atom stereocenters. The first-order valence-electron chi connectivity index (χ1n) is 8.62. The zero-order valence-electron chi connectivity index (χ0n) is 13.4. The molecule has 0 aromatic heterocycles. The lowest BCUT2D eigenvalue weighted by atomic mass is 9.77. The predicted molar refractivity (Wildman–Crippen MR) is 99.2 cm³/mol. The van der Waals surface area contributed by atoms with Gasteiger partial charge in [0.1, 0.15) is 0 Å². The van der Waals surface area contributed by atoms with Crippen LogP contribution in [0.5, 0.6) is 0 Å². The van der Waals surface area contributed by atoms with E-state index in [9.17, 15) is 0 Å². The Morgan fingerprint density at radius 3 is 1.91 bits per heavy atom. The predicted octanol–water partition coefficient (Wildman–Crippen LogP) is 7.19. The first-order chi connectivity index (χ1) is 10.8. The Hall–Kier alpha value is -1.08. The molecule has 2 aromatic rings. The third-order valence-electron chi connectivity index (χ3n) is 5.10. The fourth-order valence-corrected chi connectivity index (χ4v) is 4.05. The standard InChI is InChI=1S/C21H25Br/c1-2-3-16-4-6-17(7-5-16)18-8-10-19(11-9-18)20-12-14-21(22)15-13-20/h8-17H,2-7H2,1H3. The molecular weight excluding hydrogens is 332 g/mol. The summed E-state index contributed by atoms with van der Waals surface area (Å²) in [6.45, 7) is 2.31. The molecule has 22 heavy (non-hydrogen) atoms. The van der Waals surface area contributed by atoms with Crippen LogP contribution in [-0.2, 0) is 0 Å². The van der Waals surface area contributed by atoms with Crippen LogP contribution in [0.3, 0.4) is 0 Å². The molecular formula is C21H25Br. The average molecular weight is 357 g/mol. The average Bonchev–Trinajstić information content (AvgIpc) is 2.57. The van der Waals surface area contributed by atoms with E-state index in [4.69, 9.17) is 0 Å². The minimum Gasteiger partial charge on any atom is -0.0654 e. The highest BCUT2D eigenvalue weighted by Crippen LogP contribution is 2.38. The van der Waals surface area contributed by atoms with Gasteiger partial charge < -0.3 is 0 Å². The zero-order valence-corrected chi connectivity index (χ0v) is 15.0. The van der Waals surface area contributed by atoms with E-state index in [2.05, 4.69) is 71.4 Å². The fraction of sp³-hybridized carbons (Fsp3) is 0.429. The third kappa shape index (κ3) is 3.81. The van der Waals surface area contributed by atoms with Crippen molar-refractivity contribution in [1.29, 1.82) is 0 Å². The summed E-state index contributed by atoms with van der Waals surface area (Å²) in [6.07, 6.45) is 8.37. The molecule has 0 aliphatic heterocycles. The molecule has 0 nitrogen and oxygen atoms in total. The van der Waals surface area contributed by atoms with E-state index in [-0.39, 0.29) is 0 Å². The second-order valence-electron chi connectivity index (χ2n) is 6.64. The van der Waals surface area contributed by atoms with Crippen molar-refractivity contribution >= 4 is 15.9 Å². The Bertz CT molecular complexity index is 574. The molecule has 1 aliphatic carbocycles. The van der Waals surface area contributed by atoms with Gasteiger partial charge in [0.05, 0.1) is 0 Å². The van der Waals surface area contributed by atoms with Crippen molar-refractivity contribution in [3.63, 3.8) is 0 Å². The molecule has 3 rings (SSSR count). The van der Waals surface area contributed by atoms with E-state index < -0.39 is 0 Å². The van der Waals surface area contributed by atoms with E-state index in [1.165, 1.54) is 55.2 Å². The van der Waals surface area contributed by atoms with Gasteiger partial charge in [0.25, 0.3) is 0 Å². The minimum absolute atomic E-state index is 0.784. The molecule has 0 heterocycles. The summed E-state index contributed by atoms with van der Waals surface area (Å²) < 4.78 is 1.14. The lowest BCUT2D eigenvalue weighted by molar-refractivity contribution is 0.308. The number of hydrogen-bond acceptors (Lipinski definition) is 0. The van der Waals surface area contributed by atoms with Gasteiger partial charge in [0, 0.05) is 4.47 Å². The van der Waals surface area contributed by atoms with E-state index in [1.807, 2.05) is 0 Å². The van der Waals surface area contributed by atoms with Gasteiger partial charge in [0.2, 0.25) is 0 Å². The van der Waals surface area contributed by atoms with E-state index >= 15 is 0 Å². The lowest BCUT2D eigenvalue weighted by Gasteiger charge is -2.28. The van der Waals surface area contributed by atoms with Gasteiger partial charge in [-0.1, -0.05) is 72.1 Å². The van der Waals surface area contributed by atoms with Crippen LogP contribution in [0.25, 0.3) is 11.1 Å². The Labute approximate surface area is 143 Å². The zero-order chi connectivity index (χ0) is 15.4. The first kappa shape index (κ1) is 15.8. The summed E-state index contributed by atoms with van der Waals surface area (Å²) in [6, 6.07) is 17.8. The van der Waals surface area contributed by atoms with Crippen molar-refractivity contribution in [2.45, 2.75) is 51.4 Å². The smallest absolute Gasteiger partial charge is 0.0175 e. The Morgan fingerprint density at radius 2 is 1.36 bits per heavy atom. The van der Waals surface area contributed by atoms with Crippen molar-refractivity contribution in [2.75, 3.05) is 0 Å². The molecule has 1 fully saturated rings. The highest BCUT2D eigenvalue weighted by atomic mass is 79.9. The topological polar surface area (TPSA) is 0 Å². The van der Waals surface area contributed by atoms with Crippen molar-refractivity contribution in [1.82, 2.24) is 0 Å². The van der Waals surface area contributed by atoms with Gasteiger partial charge in [-0.3, -0.25) is 0 Å². The largest absolute Gasteiger partial charge is 0.0654 e. The van der Waals surface area contributed by atoms with Crippen molar-refractivity contribution < 1.29 is 0 Å². The fourth-order valence-electron chi connectivity index (χ4n) is 3.78. The van der Waals surface area contributed by atoms with E-state index in [0.29, 0.717) is 0 Å².